The zero-order valence-corrected chi connectivity index (χ0v) is 16.6. The van der Waals surface area contributed by atoms with E-state index in [2.05, 4.69) is 32.2 Å². The van der Waals surface area contributed by atoms with Crippen LogP contribution in [0.15, 0.2) is 17.7 Å². The summed E-state index contributed by atoms with van der Waals surface area (Å²) in [5.74, 6) is 0.417. The van der Waals surface area contributed by atoms with Gasteiger partial charge < -0.3 is 10.3 Å². The van der Waals surface area contributed by atoms with E-state index >= 15 is 0 Å². The Morgan fingerprint density at radius 3 is 2.42 bits per heavy atom. The largest absolute Gasteiger partial charge is 0.355 e. The van der Waals surface area contributed by atoms with Gasteiger partial charge in [-0.25, -0.2) is 15.0 Å². The number of aromatic nitrogens is 4. The van der Waals surface area contributed by atoms with Crippen molar-refractivity contribution in [3.8, 4) is 0 Å². The van der Waals surface area contributed by atoms with Crippen molar-refractivity contribution < 1.29 is 4.79 Å². The third kappa shape index (κ3) is 7.72. The van der Waals surface area contributed by atoms with Gasteiger partial charge in [0.25, 0.3) is 0 Å². The van der Waals surface area contributed by atoms with E-state index in [1.54, 1.807) is 6.33 Å². The number of amides is 1. The Labute approximate surface area is 160 Å². The number of nitrogens with one attached hydrogen (secondary N) is 2. The van der Waals surface area contributed by atoms with Gasteiger partial charge in [0.2, 0.25) is 5.91 Å². The Bertz CT molecular complexity index is 646. The Kier molecular flexibility index (Phi) is 10.1. The molecule has 0 bridgehead atoms. The quantitative estimate of drug-likeness (QED) is 0.288. The lowest BCUT2D eigenvalue weighted by Gasteiger charge is -2.05. The molecule has 26 heavy (non-hydrogen) atoms. The van der Waals surface area contributed by atoms with Crippen molar-refractivity contribution in [2.24, 2.45) is 0 Å². The first kappa shape index (κ1) is 20.7. The van der Waals surface area contributed by atoms with E-state index in [9.17, 15) is 4.79 Å². The van der Waals surface area contributed by atoms with Gasteiger partial charge >= 0.3 is 0 Å². The molecule has 2 heterocycles. The number of hydrogen-bond donors (Lipinski definition) is 2. The first-order valence-electron chi connectivity index (χ1n) is 9.85. The van der Waals surface area contributed by atoms with Crippen LogP contribution in [0, 0.1) is 0 Å². The molecule has 0 atom stereocenters. The lowest BCUT2D eigenvalue weighted by Crippen LogP contribution is -2.26. The number of aromatic amines is 1. The molecule has 0 spiro atoms. The van der Waals surface area contributed by atoms with Crippen molar-refractivity contribution in [2.75, 3.05) is 12.3 Å². The molecule has 0 aliphatic heterocycles. The summed E-state index contributed by atoms with van der Waals surface area (Å²) in [4.78, 5) is 27.3. The first-order chi connectivity index (χ1) is 12.8. The third-order valence-electron chi connectivity index (χ3n) is 4.38. The summed E-state index contributed by atoms with van der Waals surface area (Å²) >= 11 is 1.41. The molecule has 0 fully saturated rings. The van der Waals surface area contributed by atoms with Gasteiger partial charge in [-0.2, -0.15) is 0 Å². The fourth-order valence-corrected chi connectivity index (χ4v) is 3.66. The fourth-order valence-electron chi connectivity index (χ4n) is 2.88. The number of thioether (sulfide) groups is 1. The van der Waals surface area contributed by atoms with Crippen LogP contribution in [0.3, 0.4) is 0 Å². The predicted octanol–water partition coefficient (Wildman–Crippen LogP) is 4.48. The molecule has 2 N–H and O–H groups in total. The van der Waals surface area contributed by atoms with E-state index in [0.717, 1.165) is 23.5 Å². The number of rotatable bonds is 14. The third-order valence-corrected chi connectivity index (χ3v) is 5.37. The van der Waals surface area contributed by atoms with E-state index in [0.29, 0.717) is 11.4 Å². The van der Waals surface area contributed by atoms with E-state index in [1.807, 2.05) is 0 Å². The molecular formula is C19H31N5OS. The molecule has 2 rings (SSSR count). The van der Waals surface area contributed by atoms with Crippen LogP contribution in [0.1, 0.15) is 71.1 Å². The fraction of sp³-hybridized carbons (Fsp3) is 0.684. The van der Waals surface area contributed by atoms with E-state index < -0.39 is 0 Å². The van der Waals surface area contributed by atoms with Crippen molar-refractivity contribution in [1.82, 2.24) is 25.3 Å². The summed E-state index contributed by atoms with van der Waals surface area (Å²) in [6.45, 7) is 3.02. The Hall–Kier alpha value is -1.63. The summed E-state index contributed by atoms with van der Waals surface area (Å²) in [6, 6.07) is 0. The van der Waals surface area contributed by atoms with Crippen LogP contribution < -0.4 is 5.32 Å². The molecule has 2 aromatic heterocycles. The first-order valence-corrected chi connectivity index (χ1v) is 10.8. The maximum atomic E-state index is 11.9. The number of unbranched alkanes of at least 4 members (excludes halogenated alkanes) is 9. The standard InChI is InChI=1S/C19H31N5OS/c1-2-3-4-5-6-7-8-9-10-11-12-20-16(25)13-26-19-17-18(22-14-21-17)23-15-24-19/h14-15H,2-13H2,1H3,(H,20,25)(H,21,22,23,24). The second-order valence-electron chi connectivity index (χ2n) is 6.60. The highest BCUT2D eigenvalue weighted by molar-refractivity contribution is 8.00. The van der Waals surface area contributed by atoms with Crippen molar-refractivity contribution in [1.29, 1.82) is 0 Å². The molecule has 7 heteroatoms. The number of carbonyl (C=O) groups excluding carboxylic acids is 1. The molecule has 0 radical (unpaired) electrons. The molecule has 0 aliphatic carbocycles. The summed E-state index contributed by atoms with van der Waals surface area (Å²) in [5.41, 5.74) is 1.42. The second-order valence-corrected chi connectivity index (χ2v) is 7.56. The van der Waals surface area contributed by atoms with Crippen LogP contribution in [0.25, 0.3) is 11.2 Å². The minimum atomic E-state index is 0.0530. The topological polar surface area (TPSA) is 83.6 Å². The SMILES string of the molecule is CCCCCCCCCCCCNC(=O)CSc1ncnc2nc[nH]c12. The molecular weight excluding hydrogens is 346 g/mol. The number of hydrogen-bond acceptors (Lipinski definition) is 5. The van der Waals surface area contributed by atoms with E-state index in [4.69, 9.17) is 0 Å². The Morgan fingerprint density at radius 1 is 1.00 bits per heavy atom. The van der Waals surface area contributed by atoms with Crippen LogP contribution in [0.4, 0.5) is 0 Å². The van der Waals surface area contributed by atoms with Crippen molar-refractivity contribution in [3.05, 3.63) is 12.7 Å². The van der Waals surface area contributed by atoms with Crippen LogP contribution in [-0.4, -0.2) is 38.1 Å². The molecule has 2 aromatic rings. The van der Waals surface area contributed by atoms with Crippen molar-refractivity contribution in [3.63, 3.8) is 0 Å². The van der Waals surface area contributed by atoms with Crippen LogP contribution in [0.2, 0.25) is 0 Å². The maximum Gasteiger partial charge on any atom is 0.230 e. The number of nitrogens with zero attached hydrogens (tertiary/aromatic N) is 3. The number of fused-ring (bicyclic) bond motifs is 1. The predicted molar refractivity (Wildman–Crippen MR) is 107 cm³/mol. The van der Waals surface area contributed by atoms with Gasteiger partial charge in [-0.1, -0.05) is 76.5 Å². The van der Waals surface area contributed by atoms with Gasteiger partial charge in [-0.3, -0.25) is 4.79 Å². The van der Waals surface area contributed by atoms with Gasteiger partial charge in [0.1, 0.15) is 16.9 Å². The molecule has 0 aliphatic rings. The van der Waals surface area contributed by atoms with Crippen LogP contribution in [-0.2, 0) is 4.79 Å². The molecule has 144 valence electrons. The summed E-state index contributed by atoms with van der Waals surface area (Å²) < 4.78 is 0. The highest BCUT2D eigenvalue weighted by Gasteiger charge is 2.09. The molecule has 1 amide bonds. The monoisotopic (exact) mass is 377 g/mol. The van der Waals surface area contributed by atoms with Crippen LogP contribution in [0.5, 0.6) is 0 Å². The Morgan fingerprint density at radius 2 is 1.69 bits per heavy atom. The van der Waals surface area contributed by atoms with Crippen LogP contribution >= 0.6 is 11.8 Å². The highest BCUT2D eigenvalue weighted by Crippen LogP contribution is 2.21. The summed E-state index contributed by atoms with van der Waals surface area (Å²) in [7, 11) is 0. The zero-order valence-electron chi connectivity index (χ0n) is 15.8. The van der Waals surface area contributed by atoms with Gasteiger partial charge in [0.15, 0.2) is 5.65 Å². The highest BCUT2D eigenvalue weighted by atomic mass is 32.2. The number of imidazole rings is 1. The minimum absolute atomic E-state index is 0.0530. The lowest BCUT2D eigenvalue weighted by molar-refractivity contribution is -0.118. The summed E-state index contributed by atoms with van der Waals surface area (Å²) in [6.07, 6.45) is 16.1. The lowest BCUT2D eigenvalue weighted by atomic mass is 10.1. The zero-order chi connectivity index (χ0) is 18.5. The number of H-pyrrole nitrogens is 1. The van der Waals surface area contributed by atoms with E-state index in [-0.39, 0.29) is 5.91 Å². The average Bonchev–Trinajstić information content (AvgIpc) is 3.14. The molecule has 0 unspecified atom stereocenters. The Balaban J connectivity index is 1.46. The molecule has 0 saturated heterocycles. The van der Waals surface area contributed by atoms with Crippen molar-refractivity contribution >= 4 is 28.8 Å². The van der Waals surface area contributed by atoms with E-state index in [1.165, 1.54) is 75.9 Å². The van der Waals surface area contributed by atoms with Gasteiger partial charge in [0.05, 0.1) is 12.1 Å². The second kappa shape index (κ2) is 12.7. The molecule has 0 aromatic carbocycles. The smallest absolute Gasteiger partial charge is 0.230 e. The minimum Gasteiger partial charge on any atom is -0.355 e. The van der Waals surface area contributed by atoms with Gasteiger partial charge in [-0.05, 0) is 6.42 Å². The van der Waals surface area contributed by atoms with Gasteiger partial charge in [0, 0.05) is 6.54 Å². The van der Waals surface area contributed by atoms with Gasteiger partial charge in [-0.15, -0.1) is 0 Å². The number of carbonyl (C=O) groups is 1. The molecule has 0 saturated carbocycles. The summed E-state index contributed by atoms with van der Waals surface area (Å²) in [5, 5.41) is 3.76. The normalized spacial score (nSPS) is 11.1. The van der Waals surface area contributed by atoms with Crippen molar-refractivity contribution in [2.45, 2.75) is 76.2 Å². The average molecular weight is 378 g/mol. The molecule has 6 nitrogen and oxygen atoms in total. The maximum absolute atomic E-state index is 11.9.